The minimum atomic E-state index is -0.958. The number of carboxylic acid groups (broad SMARTS) is 1. The largest absolute Gasteiger partial charge is 0.478 e. The third kappa shape index (κ3) is 3.13. The predicted octanol–water partition coefficient (Wildman–Crippen LogP) is 1.47. The summed E-state index contributed by atoms with van der Waals surface area (Å²) in [6.07, 6.45) is 2.55. The van der Waals surface area contributed by atoms with Crippen LogP contribution in [-0.2, 0) is 0 Å². The van der Waals surface area contributed by atoms with Gasteiger partial charge >= 0.3 is 5.97 Å². The van der Waals surface area contributed by atoms with Gasteiger partial charge in [0.05, 0.1) is 5.56 Å². The molecule has 0 amide bonds. The highest BCUT2D eigenvalue weighted by Gasteiger charge is 2.25. The molecule has 0 atom stereocenters. The zero-order valence-corrected chi connectivity index (χ0v) is 10.5. The maximum atomic E-state index is 11.1. The molecule has 0 spiro atoms. The van der Waals surface area contributed by atoms with E-state index in [1.807, 2.05) is 0 Å². The molecule has 0 aliphatic heterocycles. The molecule has 18 heavy (non-hydrogen) atoms. The Morgan fingerprint density at radius 2 is 2.28 bits per heavy atom. The van der Waals surface area contributed by atoms with Gasteiger partial charge in [-0.3, -0.25) is 0 Å². The second-order valence-electron chi connectivity index (χ2n) is 4.75. The number of benzene rings is 1. The molecular formula is C13H19N3O2. The third-order valence-corrected chi connectivity index (χ3v) is 3.22. The lowest BCUT2D eigenvalue weighted by Gasteiger charge is -2.17. The van der Waals surface area contributed by atoms with Crippen LogP contribution in [0.15, 0.2) is 18.2 Å². The van der Waals surface area contributed by atoms with E-state index in [1.165, 1.54) is 18.9 Å². The molecule has 5 nitrogen and oxygen atoms in total. The maximum Gasteiger partial charge on any atom is 0.337 e. The molecule has 1 fully saturated rings. The number of likely N-dealkylation sites (N-methyl/N-ethyl adjacent to an activating group) is 1. The minimum absolute atomic E-state index is 0.226. The Morgan fingerprint density at radius 3 is 2.89 bits per heavy atom. The lowest BCUT2D eigenvalue weighted by molar-refractivity contribution is 0.0698. The van der Waals surface area contributed by atoms with Crippen LogP contribution in [0.4, 0.5) is 11.4 Å². The number of nitrogen functional groups attached to an aromatic ring is 1. The molecule has 5 heteroatoms. The predicted molar refractivity (Wildman–Crippen MR) is 72.0 cm³/mol. The second kappa shape index (κ2) is 5.27. The van der Waals surface area contributed by atoms with Gasteiger partial charge in [-0.15, -0.1) is 0 Å². The summed E-state index contributed by atoms with van der Waals surface area (Å²) in [7, 11) is 2.10. The molecule has 98 valence electrons. The van der Waals surface area contributed by atoms with Gasteiger partial charge in [0.25, 0.3) is 0 Å². The van der Waals surface area contributed by atoms with E-state index in [9.17, 15) is 4.79 Å². The number of nitrogens with zero attached hydrogens (tertiary/aromatic N) is 1. The number of hydrogen-bond donors (Lipinski definition) is 3. The molecular weight excluding hydrogens is 230 g/mol. The minimum Gasteiger partial charge on any atom is -0.478 e. The summed E-state index contributed by atoms with van der Waals surface area (Å²) in [6, 6.07) is 5.63. The summed E-state index contributed by atoms with van der Waals surface area (Å²) in [5.41, 5.74) is 6.91. The van der Waals surface area contributed by atoms with Gasteiger partial charge in [-0.25, -0.2) is 4.79 Å². The highest BCUT2D eigenvalue weighted by Crippen LogP contribution is 2.25. The number of rotatable bonds is 6. The molecule has 4 N–H and O–H groups in total. The molecule has 1 aliphatic carbocycles. The fraction of sp³-hybridized carbons (Fsp3) is 0.462. The van der Waals surface area contributed by atoms with Crippen molar-refractivity contribution in [3.8, 4) is 0 Å². The Bertz CT molecular complexity index is 444. The van der Waals surface area contributed by atoms with E-state index in [2.05, 4.69) is 17.3 Å². The molecule has 1 aliphatic rings. The number of hydrogen-bond acceptors (Lipinski definition) is 4. The van der Waals surface area contributed by atoms with Crippen LogP contribution in [0.25, 0.3) is 0 Å². The highest BCUT2D eigenvalue weighted by atomic mass is 16.4. The lowest BCUT2D eigenvalue weighted by atomic mass is 10.1. The summed E-state index contributed by atoms with van der Waals surface area (Å²) < 4.78 is 0. The van der Waals surface area contributed by atoms with Crippen LogP contribution in [0.1, 0.15) is 23.2 Å². The van der Waals surface area contributed by atoms with Crippen LogP contribution in [0.2, 0.25) is 0 Å². The van der Waals surface area contributed by atoms with Gasteiger partial charge in [0.15, 0.2) is 0 Å². The Morgan fingerprint density at radius 1 is 1.56 bits per heavy atom. The quantitative estimate of drug-likeness (QED) is 0.665. The first kappa shape index (κ1) is 12.7. The van der Waals surface area contributed by atoms with Crippen molar-refractivity contribution in [1.82, 2.24) is 4.90 Å². The van der Waals surface area contributed by atoms with Gasteiger partial charge in [0.2, 0.25) is 0 Å². The van der Waals surface area contributed by atoms with Gasteiger partial charge in [-0.05, 0) is 38.1 Å². The Balaban J connectivity index is 1.93. The first-order valence-electron chi connectivity index (χ1n) is 6.15. The topological polar surface area (TPSA) is 78.6 Å². The Hall–Kier alpha value is -1.75. The number of carbonyl (C=O) groups is 1. The molecule has 1 aromatic rings. The lowest BCUT2D eigenvalue weighted by Crippen LogP contribution is -2.27. The zero-order valence-electron chi connectivity index (χ0n) is 10.5. The van der Waals surface area contributed by atoms with Crippen molar-refractivity contribution in [3.05, 3.63) is 23.8 Å². The number of carboxylic acids is 1. The molecule has 0 saturated heterocycles. The molecule has 0 heterocycles. The van der Waals surface area contributed by atoms with Crippen LogP contribution >= 0.6 is 0 Å². The van der Waals surface area contributed by atoms with E-state index in [0.717, 1.165) is 19.1 Å². The molecule has 0 unspecified atom stereocenters. The fourth-order valence-corrected chi connectivity index (χ4v) is 1.96. The Kier molecular flexibility index (Phi) is 3.72. The number of nitrogens with one attached hydrogen (secondary N) is 1. The third-order valence-electron chi connectivity index (χ3n) is 3.22. The van der Waals surface area contributed by atoms with Gasteiger partial charge in [0.1, 0.15) is 0 Å². The number of nitrogens with two attached hydrogens (primary N) is 1. The van der Waals surface area contributed by atoms with Gasteiger partial charge in [-0.1, -0.05) is 0 Å². The zero-order chi connectivity index (χ0) is 13.1. The summed E-state index contributed by atoms with van der Waals surface area (Å²) in [5, 5.41) is 12.2. The van der Waals surface area contributed by atoms with E-state index in [4.69, 9.17) is 10.8 Å². The van der Waals surface area contributed by atoms with Crippen LogP contribution in [0.5, 0.6) is 0 Å². The second-order valence-corrected chi connectivity index (χ2v) is 4.75. The van der Waals surface area contributed by atoms with Crippen molar-refractivity contribution in [1.29, 1.82) is 0 Å². The number of aromatic carboxylic acids is 1. The standard InChI is InChI=1S/C13H19N3O2/c1-16(10-3-4-10)7-6-15-12-5-2-9(14)8-11(12)13(17)18/h2,5,8,10,15H,3-4,6-7,14H2,1H3,(H,17,18). The van der Waals surface area contributed by atoms with Crippen molar-refractivity contribution >= 4 is 17.3 Å². The van der Waals surface area contributed by atoms with Crippen LogP contribution < -0.4 is 11.1 Å². The molecule has 0 bridgehead atoms. The number of anilines is 2. The maximum absolute atomic E-state index is 11.1. The van der Waals surface area contributed by atoms with E-state index in [0.29, 0.717) is 11.4 Å². The highest BCUT2D eigenvalue weighted by molar-refractivity contribution is 5.95. The van der Waals surface area contributed by atoms with Crippen molar-refractivity contribution < 1.29 is 9.90 Å². The fourth-order valence-electron chi connectivity index (χ4n) is 1.96. The summed E-state index contributed by atoms with van der Waals surface area (Å²) >= 11 is 0. The van der Waals surface area contributed by atoms with Gasteiger partial charge < -0.3 is 21.1 Å². The van der Waals surface area contributed by atoms with Gasteiger partial charge in [0, 0.05) is 30.5 Å². The van der Waals surface area contributed by atoms with Crippen molar-refractivity contribution in [2.45, 2.75) is 18.9 Å². The van der Waals surface area contributed by atoms with Crippen LogP contribution in [0.3, 0.4) is 0 Å². The molecule has 0 radical (unpaired) electrons. The van der Waals surface area contributed by atoms with E-state index in [1.54, 1.807) is 12.1 Å². The first-order chi connectivity index (χ1) is 8.58. The average molecular weight is 249 g/mol. The first-order valence-corrected chi connectivity index (χ1v) is 6.15. The van der Waals surface area contributed by atoms with Crippen molar-refractivity contribution in [2.24, 2.45) is 0 Å². The van der Waals surface area contributed by atoms with Gasteiger partial charge in [-0.2, -0.15) is 0 Å². The SMILES string of the molecule is CN(CCNc1ccc(N)cc1C(=O)O)C1CC1. The molecule has 1 saturated carbocycles. The van der Waals surface area contributed by atoms with Crippen LogP contribution in [0, 0.1) is 0 Å². The smallest absolute Gasteiger partial charge is 0.337 e. The van der Waals surface area contributed by atoms with E-state index >= 15 is 0 Å². The normalized spacial score (nSPS) is 14.8. The summed E-state index contributed by atoms with van der Waals surface area (Å²) in [4.78, 5) is 13.4. The monoisotopic (exact) mass is 249 g/mol. The van der Waals surface area contributed by atoms with E-state index < -0.39 is 5.97 Å². The summed E-state index contributed by atoms with van der Waals surface area (Å²) in [5.74, 6) is -0.958. The Labute approximate surface area is 107 Å². The van der Waals surface area contributed by atoms with Crippen LogP contribution in [-0.4, -0.2) is 42.2 Å². The van der Waals surface area contributed by atoms with E-state index in [-0.39, 0.29) is 5.56 Å². The molecule has 1 aromatic carbocycles. The summed E-state index contributed by atoms with van der Waals surface area (Å²) in [6.45, 7) is 1.64. The molecule has 0 aromatic heterocycles. The molecule has 2 rings (SSSR count). The average Bonchev–Trinajstić information content (AvgIpc) is 3.14. The van der Waals surface area contributed by atoms with Crippen molar-refractivity contribution in [2.75, 3.05) is 31.2 Å². The van der Waals surface area contributed by atoms with Crippen molar-refractivity contribution in [3.63, 3.8) is 0 Å².